The molecule has 1 heterocycles. The number of ketones is 1. The summed E-state index contributed by atoms with van der Waals surface area (Å²) in [7, 11) is 3.18. The maximum absolute atomic E-state index is 11.6. The summed E-state index contributed by atoms with van der Waals surface area (Å²) in [5.74, 6) is -0.745. The second kappa shape index (κ2) is 5.69. The zero-order chi connectivity index (χ0) is 14.8. The molecule has 0 saturated heterocycles. The fourth-order valence-electron chi connectivity index (χ4n) is 1.72. The molecule has 5 nitrogen and oxygen atoms in total. The van der Waals surface area contributed by atoms with Gasteiger partial charge in [-0.2, -0.15) is 0 Å². The molecular formula is C13H20N2O3S. The molecule has 0 saturated carbocycles. The number of carbonyl (C=O) groups is 2. The maximum atomic E-state index is 11.6. The third-order valence-electron chi connectivity index (χ3n) is 2.35. The Morgan fingerprint density at radius 1 is 1.37 bits per heavy atom. The summed E-state index contributed by atoms with van der Waals surface area (Å²) < 4.78 is 4.66. The number of Topliss-reactive ketones (excluding diaryl/α,β-unsaturated/α-hetero) is 1. The van der Waals surface area contributed by atoms with Crippen LogP contribution in [0.25, 0.3) is 0 Å². The molecule has 0 aliphatic carbocycles. The van der Waals surface area contributed by atoms with E-state index in [4.69, 9.17) is 0 Å². The molecule has 0 fully saturated rings. The largest absolute Gasteiger partial charge is 0.464 e. The number of esters is 1. The molecule has 6 heteroatoms. The number of ether oxygens (including phenoxy) is 1. The molecule has 1 aromatic heterocycles. The minimum Gasteiger partial charge on any atom is -0.464 e. The second-order valence-corrected chi connectivity index (χ2v) is 6.62. The molecule has 0 radical (unpaired) electrons. The van der Waals surface area contributed by atoms with E-state index in [9.17, 15) is 9.59 Å². The summed E-state index contributed by atoms with van der Waals surface area (Å²) in [6.07, 6.45) is 0. The van der Waals surface area contributed by atoms with E-state index in [1.807, 2.05) is 11.9 Å². The minimum absolute atomic E-state index is 0.0994. The van der Waals surface area contributed by atoms with Gasteiger partial charge in [0.1, 0.15) is 4.88 Å². The van der Waals surface area contributed by atoms with Crippen LogP contribution in [0.15, 0.2) is 0 Å². The normalized spacial score (nSPS) is 11.3. The van der Waals surface area contributed by atoms with Crippen molar-refractivity contribution < 1.29 is 14.3 Å². The van der Waals surface area contributed by atoms with Crippen LogP contribution in [0.1, 0.15) is 47.9 Å². The first-order valence-corrected chi connectivity index (χ1v) is 6.78. The number of carbonyl (C=O) groups excluding carboxylic acids is 2. The maximum Gasteiger partial charge on any atom is 0.358 e. The van der Waals surface area contributed by atoms with E-state index in [0.717, 1.165) is 6.54 Å². The number of aromatic nitrogens is 1. The summed E-state index contributed by atoms with van der Waals surface area (Å²) in [5.41, 5.74) is 0.207. The van der Waals surface area contributed by atoms with Crippen LogP contribution in [0.4, 0.5) is 5.13 Å². The van der Waals surface area contributed by atoms with E-state index >= 15 is 0 Å². The molecule has 0 N–H and O–H groups in total. The lowest BCUT2D eigenvalue weighted by molar-refractivity contribution is 0.0591. The van der Waals surface area contributed by atoms with E-state index in [1.165, 1.54) is 25.4 Å². The summed E-state index contributed by atoms with van der Waals surface area (Å²) in [6, 6.07) is 0. The Morgan fingerprint density at radius 3 is 2.37 bits per heavy atom. The van der Waals surface area contributed by atoms with Crippen LogP contribution in [0.2, 0.25) is 0 Å². The van der Waals surface area contributed by atoms with Gasteiger partial charge in [-0.1, -0.05) is 32.1 Å². The van der Waals surface area contributed by atoms with Gasteiger partial charge in [0, 0.05) is 20.5 Å². The van der Waals surface area contributed by atoms with Crippen molar-refractivity contribution in [1.82, 2.24) is 4.98 Å². The zero-order valence-corrected chi connectivity index (χ0v) is 13.1. The highest BCUT2D eigenvalue weighted by Crippen LogP contribution is 2.28. The average Bonchev–Trinajstić information content (AvgIpc) is 2.70. The molecule has 0 amide bonds. The molecule has 1 rings (SSSR count). The summed E-state index contributed by atoms with van der Waals surface area (Å²) in [4.78, 5) is 29.7. The fourth-order valence-corrected chi connectivity index (χ4v) is 2.63. The minimum atomic E-state index is -0.572. The van der Waals surface area contributed by atoms with Crippen molar-refractivity contribution in [3.8, 4) is 0 Å². The number of methoxy groups -OCH3 is 1. The fraction of sp³-hybridized carbons (Fsp3) is 0.615. The predicted octanol–water partition coefficient (Wildman–Crippen LogP) is 2.61. The van der Waals surface area contributed by atoms with Crippen LogP contribution in [-0.4, -0.2) is 37.4 Å². The summed E-state index contributed by atoms with van der Waals surface area (Å²) in [5, 5.41) is 0.653. The Bertz CT molecular complexity index is 489. The number of thiazole rings is 1. The molecule has 0 aliphatic rings. The topological polar surface area (TPSA) is 59.5 Å². The van der Waals surface area contributed by atoms with Crippen LogP contribution in [-0.2, 0) is 4.74 Å². The smallest absolute Gasteiger partial charge is 0.358 e. The number of hydrogen-bond acceptors (Lipinski definition) is 6. The molecule has 0 bridgehead atoms. The lowest BCUT2D eigenvalue weighted by atomic mass is 9.96. The third kappa shape index (κ3) is 4.02. The molecule has 106 valence electrons. The van der Waals surface area contributed by atoms with Crippen molar-refractivity contribution in [2.45, 2.75) is 27.7 Å². The van der Waals surface area contributed by atoms with Crippen LogP contribution in [0.5, 0.6) is 0 Å². The van der Waals surface area contributed by atoms with Crippen LogP contribution in [0.3, 0.4) is 0 Å². The van der Waals surface area contributed by atoms with E-state index in [1.54, 1.807) is 0 Å². The Hall–Kier alpha value is -1.43. The molecule has 0 aromatic carbocycles. The van der Waals surface area contributed by atoms with Gasteiger partial charge in [0.25, 0.3) is 0 Å². The van der Waals surface area contributed by atoms with E-state index in [-0.39, 0.29) is 16.9 Å². The SMILES string of the molecule is COC(=O)c1nc(N(C)CC(C)(C)C)sc1C(C)=O. The van der Waals surface area contributed by atoms with Crippen molar-refractivity contribution >= 4 is 28.2 Å². The highest BCUT2D eigenvalue weighted by atomic mass is 32.1. The van der Waals surface area contributed by atoms with E-state index in [2.05, 4.69) is 30.5 Å². The number of anilines is 1. The van der Waals surface area contributed by atoms with Crippen molar-refractivity contribution in [2.24, 2.45) is 5.41 Å². The van der Waals surface area contributed by atoms with Gasteiger partial charge in [0.05, 0.1) is 7.11 Å². The number of nitrogens with zero attached hydrogens (tertiary/aromatic N) is 2. The molecule has 0 spiro atoms. The van der Waals surface area contributed by atoms with Crippen LogP contribution >= 0.6 is 11.3 Å². The molecule has 19 heavy (non-hydrogen) atoms. The predicted molar refractivity (Wildman–Crippen MR) is 76.2 cm³/mol. The first-order valence-electron chi connectivity index (χ1n) is 5.97. The van der Waals surface area contributed by atoms with E-state index < -0.39 is 5.97 Å². The van der Waals surface area contributed by atoms with Crippen molar-refractivity contribution in [1.29, 1.82) is 0 Å². The Morgan fingerprint density at radius 2 is 1.95 bits per heavy atom. The van der Waals surface area contributed by atoms with Gasteiger partial charge >= 0.3 is 5.97 Å². The van der Waals surface area contributed by atoms with Gasteiger partial charge in [-0.3, -0.25) is 4.79 Å². The summed E-state index contributed by atoms with van der Waals surface area (Å²) >= 11 is 1.22. The Kier molecular flexibility index (Phi) is 4.68. The van der Waals surface area contributed by atoms with Gasteiger partial charge in [0.2, 0.25) is 0 Å². The monoisotopic (exact) mass is 284 g/mol. The van der Waals surface area contributed by atoms with Crippen molar-refractivity contribution in [2.75, 3.05) is 25.6 Å². The second-order valence-electron chi connectivity index (χ2n) is 5.64. The Balaban J connectivity index is 3.11. The first kappa shape index (κ1) is 15.6. The zero-order valence-electron chi connectivity index (χ0n) is 12.2. The van der Waals surface area contributed by atoms with Gasteiger partial charge in [-0.05, 0) is 5.41 Å². The summed E-state index contributed by atoms with van der Waals surface area (Å²) in [6.45, 7) is 8.55. The van der Waals surface area contributed by atoms with Crippen LogP contribution in [0, 0.1) is 5.41 Å². The molecule has 1 aromatic rings. The number of hydrogen-bond donors (Lipinski definition) is 0. The first-order chi connectivity index (χ1) is 8.65. The quantitative estimate of drug-likeness (QED) is 0.628. The Labute approximate surface area is 117 Å². The lowest BCUT2D eigenvalue weighted by Crippen LogP contribution is -2.29. The molecule has 0 unspecified atom stereocenters. The van der Waals surface area contributed by atoms with Crippen molar-refractivity contribution in [3.05, 3.63) is 10.6 Å². The van der Waals surface area contributed by atoms with Gasteiger partial charge in [0.15, 0.2) is 16.6 Å². The number of rotatable bonds is 4. The van der Waals surface area contributed by atoms with E-state index in [0.29, 0.717) is 10.0 Å². The highest BCUT2D eigenvalue weighted by Gasteiger charge is 2.24. The molecule has 0 aliphatic heterocycles. The van der Waals surface area contributed by atoms with Crippen molar-refractivity contribution in [3.63, 3.8) is 0 Å². The molecule has 0 atom stereocenters. The van der Waals surface area contributed by atoms with Gasteiger partial charge in [-0.25, -0.2) is 9.78 Å². The molecular weight excluding hydrogens is 264 g/mol. The van der Waals surface area contributed by atoms with Gasteiger partial charge < -0.3 is 9.64 Å². The third-order valence-corrected chi connectivity index (χ3v) is 3.62. The van der Waals surface area contributed by atoms with Gasteiger partial charge in [-0.15, -0.1) is 0 Å². The standard InChI is InChI=1S/C13H20N2O3S/c1-8(16)10-9(11(17)18-6)14-12(19-10)15(5)7-13(2,3)4/h7H2,1-6H3. The van der Waals surface area contributed by atoms with Crippen LogP contribution < -0.4 is 4.90 Å². The lowest BCUT2D eigenvalue weighted by Gasteiger charge is -2.25. The highest BCUT2D eigenvalue weighted by molar-refractivity contribution is 7.17. The average molecular weight is 284 g/mol.